The highest BCUT2D eigenvalue weighted by molar-refractivity contribution is 5.05. The molecule has 18 heavy (non-hydrogen) atoms. The Labute approximate surface area is 106 Å². The van der Waals surface area contributed by atoms with E-state index in [1.165, 1.54) is 0 Å². The van der Waals surface area contributed by atoms with E-state index in [1.54, 1.807) is 0 Å². The Hall–Kier alpha value is -0.950. The highest BCUT2D eigenvalue weighted by Crippen LogP contribution is 2.19. The third kappa shape index (κ3) is 2.72. The fraction of sp³-hybridized carbons (Fsp3) is 0.750. The molecule has 6 heteroatoms. The van der Waals surface area contributed by atoms with E-state index in [9.17, 15) is 0 Å². The Morgan fingerprint density at radius 3 is 3.11 bits per heavy atom. The van der Waals surface area contributed by atoms with E-state index in [0.717, 1.165) is 31.9 Å². The summed E-state index contributed by atoms with van der Waals surface area (Å²) in [6.45, 7) is 5.31. The first kappa shape index (κ1) is 12.1. The fourth-order valence-corrected chi connectivity index (χ4v) is 2.37. The van der Waals surface area contributed by atoms with Gasteiger partial charge in [-0.05, 0) is 0 Å². The minimum absolute atomic E-state index is 0.0887. The van der Waals surface area contributed by atoms with Gasteiger partial charge in [0.1, 0.15) is 6.10 Å². The molecule has 0 spiro atoms. The lowest BCUT2D eigenvalue weighted by molar-refractivity contribution is -0.0944. The van der Waals surface area contributed by atoms with Crippen molar-refractivity contribution in [3.05, 3.63) is 18.2 Å². The Balaban J connectivity index is 1.66. The lowest BCUT2D eigenvalue weighted by Crippen LogP contribution is -2.36. The molecule has 1 aromatic heterocycles. The van der Waals surface area contributed by atoms with E-state index in [1.807, 2.05) is 12.5 Å². The van der Waals surface area contributed by atoms with Crippen molar-refractivity contribution in [1.82, 2.24) is 14.9 Å². The zero-order chi connectivity index (χ0) is 12.2. The summed E-state index contributed by atoms with van der Waals surface area (Å²) in [5.74, 6) is 0. The molecule has 0 bridgehead atoms. The van der Waals surface area contributed by atoms with Gasteiger partial charge in [0.25, 0.3) is 0 Å². The minimum Gasteiger partial charge on any atom is -0.376 e. The zero-order valence-electron chi connectivity index (χ0n) is 10.4. The van der Waals surface area contributed by atoms with Crippen LogP contribution in [0.1, 0.15) is 11.8 Å². The van der Waals surface area contributed by atoms with Crippen LogP contribution in [-0.4, -0.2) is 55.2 Å². The van der Waals surface area contributed by atoms with Gasteiger partial charge < -0.3 is 24.1 Å². The Bertz CT molecular complexity index is 370. The van der Waals surface area contributed by atoms with Gasteiger partial charge in [0, 0.05) is 13.1 Å². The van der Waals surface area contributed by atoms with Gasteiger partial charge in [0.15, 0.2) is 0 Å². The van der Waals surface area contributed by atoms with Crippen LogP contribution in [0.3, 0.4) is 0 Å². The van der Waals surface area contributed by atoms with Gasteiger partial charge in [-0.25, -0.2) is 4.98 Å². The van der Waals surface area contributed by atoms with Crippen molar-refractivity contribution in [2.24, 2.45) is 0 Å². The van der Waals surface area contributed by atoms with Crippen molar-refractivity contribution in [2.45, 2.75) is 18.8 Å². The van der Waals surface area contributed by atoms with E-state index < -0.39 is 0 Å². The number of nitrogens with zero attached hydrogens (tertiary/aromatic N) is 2. The third-order valence-electron chi connectivity index (χ3n) is 3.29. The molecule has 0 aromatic carbocycles. The van der Waals surface area contributed by atoms with Crippen LogP contribution in [0.4, 0.5) is 0 Å². The number of nitrogens with one attached hydrogen (secondary N) is 1. The van der Waals surface area contributed by atoms with E-state index in [4.69, 9.17) is 14.2 Å². The molecule has 3 heterocycles. The third-order valence-corrected chi connectivity index (χ3v) is 3.29. The molecule has 2 aliphatic rings. The topological polar surface area (TPSA) is 57.5 Å². The molecule has 3 rings (SSSR count). The van der Waals surface area contributed by atoms with Crippen molar-refractivity contribution < 1.29 is 14.2 Å². The minimum atomic E-state index is 0.0887. The lowest BCUT2D eigenvalue weighted by atomic mass is 10.2. The molecular weight excluding hydrogens is 234 g/mol. The summed E-state index contributed by atoms with van der Waals surface area (Å²) in [7, 11) is 0. The van der Waals surface area contributed by atoms with Crippen molar-refractivity contribution >= 4 is 0 Å². The molecule has 0 radical (unpaired) electrons. The number of aromatic nitrogens is 2. The number of hydrogen-bond acceptors (Lipinski definition) is 5. The maximum absolute atomic E-state index is 5.76. The van der Waals surface area contributed by atoms with Crippen LogP contribution in [0.15, 0.2) is 12.5 Å². The van der Waals surface area contributed by atoms with Crippen LogP contribution >= 0.6 is 0 Å². The number of imidazole rings is 1. The van der Waals surface area contributed by atoms with Gasteiger partial charge in [-0.1, -0.05) is 0 Å². The second kappa shape index (κ2) is 5.79. The van der Waals surface area contributed by atoms with Gasteiger partial charge in [-0.2, -0.15) is 0 Å². The van der Waals surface area contributed by atoms with Gasteiger partial charge >= 0.3 is 0 Å². The zero-order valence-corrected chi connectivity index (χ0v) is 10.4. The molecule has 1 aromatic rings. The molecular formula is C12H19N3O3. The second-order valence-electron chi connectivity index (χ2n) is 4.60. The van der Waals surface area contributed by atoms with E-state index >= 15 is 0 Å². The van der Waals surface area contributed by atoms with Crippen molar-refractivity contribution in [1.29, 1.82) is 0 Å². The van der Waals surface area contributed by atoms with Crippen LogP contribution in [0, 0.1) is 0 Å². The van der Waals surface area contributed by atoms with Crippen LogP contribution in [0.5, 0.6) is 0 Å². The summed E-state index contributed by atoms with van der Waals surface area (Å²) in [5.41, 5.74) is 1.11. The standard InChI is InChI=1S/C12H19N3O3/c1-2-18-12(6-13-1)11-5-14-9-15(11)7-10-8-16-3-4-17-10/h5,9-10,12-13H,1-4,6-8H2. The number of hydrogen-bond donors (Lipinski definition) is 1. The first-order chi connectivity index (χ1) is 8.93. The summed E-state index contributed by atoms with van der Waals surface area (Å²) in [6, 6.07) is 0. The van der Waals surface area contributed by atoms with Crippen LogP contribution < -0.4 is 5.32 Å². The first-order valence-corrected chi connectivity index (χ1v) is 6.45. The van der Waals surface area contributed by atoms with Gasteiger partial charge in [0.2, 0.25) is 0 Å². The summed E-state index contributed by atoms with van der Waals surface area (Å²) >= 11 is 0. The molecule has 1 N–H and O–H groups in total. The first-order valence-electron chi connectivity index (χ1n) is 6.45. The molecule has 2 atom stereocenters. The SMILES string of the molecule is c1ncn(CC2COCCO2)c1C1CNCCO1. The molecule has 0 amide bonds. The summed E-state index contributed by atoms with van der Waals surface area (Å²) < 4.78 is 18.9. The van der Waals surface area contributed by atoms with Crippen molar-refractivity contribution in [2.75, 3.05) is 39.5 Å². The van der Waals surface area contributed by atoms with Crippen molar-refractivity contribution in [3.63, 3.8) is 0 Å². The molecule has 2 saturated heterocycles. The number of ether oxygens (including phenoxy) is 3. The molecule has 0 saturated carbocycles. The predicted octanol–water partition coefficient (Wildman–Crippen LogP) is -0.0406. The van der Waals surface area contributed by atoms with E-state index in [0.29, 0.717) is 19.8 Å². The second-order valence-corrected chi connectivity index (χ2v) is 4.60. The Kier molecular flexibility index (Phi) is 3.90. The van der Waals surface area contributed by atoms with Gasteiger partial charge in [0.05, 0.1) is 57.3 Å². The van der Waals surface area contributed by atoms with E-state index in [-0.39, 0.29) is 12.2 Å². The average molecular weight is 253 g/mol. The highest BCUT2D eigenvalue weighted by atomic mass is 16.6. The smallest absolute Gasteiger partial charge is 0.111 e. The van der Waals surface area contributed by atoms with Crippen LogP contribution in [0.25, 0.3) is 0 Å². The molecule has 100 valence electrons. The highest BCUT2D eigenvalue weighted by Gasteiger charge is 2.22. The Morgan fingerprint density at radius 1 is 1.33 bits per heavy atom. The van der Waals surface area contributed by atoms with Gasteiger partial charge in [-0.3, -0.25) is 0 Å². The van der Waals surface area contributed by atoms with Crippen LogP contribution in [0.2, 0.25) is 0 Å². The molecule has 2 aliphatic heterocycles. The summed E-state index contributed by atoms with van der Waals surface area (Å²) in [6.07, 6.45) is 3.92. The maximum Gasteiger partial charge on any atom is 0.111 e. The van der Waals surface area contributed by atoms with Gasteiger partial charge in [-0.15, -0.1) is 0 Å². The molecule has 2 fully saturated rings. The largest absolute Gasteiger partial charge is 0.376 e. The predicted molar refractivity (Wildman–Crippen MR) is 64.3 cm³/mol. The quantitative estimate of drug-likeness (QED) is 0.819. The molecule has 0 aliphatic carbocycles. The number of rotatable bonds is 3. The normalized spacial score (nSPS) is 29.3. The maximum atomic E-state index is 5.76. The monoisotopic (exact) mass is 253 g/mol. The van der Waals surface area contributed by atoms with E-state index in [2.05, 4.69) is 14.9 Å². The Morgan fingerprint density at radius 2 is 2.33 bits per heavy atom. The van der Waals surface area contributed by atoms with Crippen molar-refractivity contribution in [3.8, 4) is 0 Å². The fourth-order valence-electron chi connectivity index (χ4n) is 2.37. The average Bonchev–Trinajstić information content (AvgIpc) is 2.89. The summed E-state index contributed by atoms with van der Waals surface area (Å²) in [5, 5.41) is 3.33. The number of morpholine rings is 1. The molecule has 2 unspecified atom stereocenters. The molecule has 6 nitrogen and oxygen atoms in total. The summed E-state index contributed by atoms with van der Waals surface area (Å²) in [4.78, 5) is 4.22. The lowest BCUT2D eigenvalue weighted by Gasteiger charge is -2.27. The van der Waals surface area contributed by atoms with Crippen LogP contribution in [-0.2, 0) is 20.8 Å².